The SMILES string of the molecule is CCC(O)C1C(=O)N2C(C(=O)O)=C(SCCC(=O)NCCc3ccccc3)SC12. The Balaban J connectivity index is 1.48. The number of aliphatic hydroxyl groups is 1. The van der Waals surface area contributed by atoms with Gasteiger partial charge in [-0.3, -0.25) is 14.5 Å². The lowest BCUT2D eigenvalue weighted by Crippen LogP contribution is -2.61. The highest BCUT2D eigenvalue weighted by molar-refractivity contribution is 8.22. The van der Waals surface area contributed by atoms with Gasteiger partial charge in [-0.05, 0) is 18.4 Å². The summed E-state index contributed by atoms with van der Waals surface area (Å²) in [6.07, 6.45) is 0.681. The number of amides is 2. The predicted octanol–water partition coefficient (Wildman–Crippen LogP) is 2.02. The quantitative estimate of drug-likeness (QED) is 0.482. The van der Waals surface area contributed by atoms with E-state index in [-0.39, 0.29) is 29.3 Å². The van der Waals surface area contributed by atoms with Crippen molar-refractivity contribution in [2.75, 3.05) is 12.3 Å². The Bertz CT molecular complexity index is 814. The van der Waals surface area contributed by atoms with Gasteiger partial charge in [0.05, 0.1) is 16.3 Å². The number of nitrogens with one attached hydrogen (secondary N) is 1. The molecule has 2 aliphatic rings. The highest BCUT2D eigenvalue weighted by atomic mass is 32.2. The number of benzene rings is 1. The molecular formula is C20H24N2O5S2. The second kappa shape index (κ2) is 9.69. The smallest absolute Gasteiger partial charge is 0.354 e. The van der Waals surface area contributed by atoms with Crippen LogP contribution in [0.3, 0.4) is 0 Å². The maximum absolute atomic E-state index is 12.3. The van der Waals surface area contributed by atoms with Gasteiger partial charge >= 0.3 is 5.97 Å². The fraction of sp³-hybridized carbons (Fsp3) is 0.450. The van der Waals surface area contributed by atoms with Crippen LogP contribution in [0.5, 0.6) is 0 Å². The normalized spacial score (nSPS) is 21.6. The fourth-order valence-corrected chi connectivity index (χ4v) is 6.22. The Labute approximate surface area is 177 Å². The topological polar surface area (TPSA) is 107 Å². The summed E-state index contributed by atoms with van der Waals surface area (Å²) in [6, 6.07) is 9.87. The first-order chi connectivity index (χ1) is 13.9. The van der Waals surface area contributed by atoms with Crippen LogP contribution in [-0.4, -0.2) is 56.7 Å². The van der Waals surface area contributed by atoms with Crippen molar-refractivity contribution in [2.24, 2.45) is 5.92 Å². The third kappa shape index (κ3) is 4.79. The van der Waals surface area contributed by atoms with E-state index in [1.165, 1.54) is 28.4 Å². The van der Waals surface area contributed by atoms with Crippen molar-refractivity contribution in [3.63, 3.8) is 0 Å². The number of hydrogen-bond donors (Lipinski definition) is 3. The van der Waals surface area contributed by atoms with Crippen LogP contribution in [0.25, 0.3) is 0 Å². The highest BCUT2D eigenvalue weighted by Gasteiger charge is 2.58. The van der Waals surface area contributed by atoms with Crippen LogP contribution >= 0.6 is 23.5 Å². The second-order valence-corrected chi connectivity index (χ2v) is 9.33. The zero-order valence-electron chi connectivity index (χ0n) is 16.0. The Morgan fingerprint density at radius 3 is 2.69 bits per heavy atom. The molecule has 7 nitrogen and oxygen atoms in total. The van der Waals surface area contributed by atoms with Crippen LogP contribution in [-0.2, 0) is 20.8 Å². The summed E-state index contributed by atoms with van der Waals surface area (Å²) >= 11 is 2.57. The van der Waals surface area contributed by atoms with Gasteiger partial charge in [-0.25, -0.2) is 4.79 Å². The number of carboxylic acids is 1. The molecule has 1 aromatic carbocycles. The van der Waals surface area contributed by atoms with Crippen molar-refractivity contribution in [2.45, 2.75) is 37.7 Å². The molecule has 0 aromatic heterocycles. The molecule has 3 atom stereocenters. The van der Waals surface area contributed by atoms with Crippen molar-refractivity contribution < 1.29 is 24.6 Å². The highest BCUT2D eigenvalue weighted by Crippen LogP contribution is 2.54. The molecule has 2 aliphatic heterocycles. The number of carbonyl (C=O) groups is 3. The van der Waals surface area contributed by atoms with Crippen LogP contribution in [0.4, 0.5) is 0 Å². The van der Waals surface area contributed by atoms with Gasteiger partial charge in [-0.15, -0.1) is 11.8 Å². The van der Waals surface area contributed by atoms with Crippen molar-refractivity contribution >= 4 is 41.3 Å². The van der Waals surface area contributed by atoms with Gasteiger partial charge in [-0.2, -0.15) is 0 Å². The number of carbonyl (C=O) groups excluding carboxylic acids is 2. The Hall–Kier alpha value is -1.97. The summed E-state index contributed by atoms with van der Waals surface area (Å²) in [4.78, 5) is 37.2. The molecule has 9 heteroatoms. The number of fused-ring (bicyclic) bond motifs is 1. The fourth-order valence-electron chi connectivity index (χ4n) is 3.33. The molecular weight excluding hydrogens is 412 g/mol. The molecule has 0 aliphatic carbocycles. The molecule has 3 unspecified atom stereocenters. The van der Waals surface area contributed by atoms with Crippen LogP contribution < -0.4 is 5.32 Å². The molecule has 0 radical (unpaired) electrons. The molecule has 2 amide bonds. The molecule has 1 fully saturated rings. The van der Waals surface area contributed by atoms with E-state index in [0.717, 1.165) is 12.0 Å². The van der Waals surface area contributed by atoms with Gasteiger partial charge in [0.25, 0.3) is 0 Å². The van der Waals surface area contributed by atoms with Crippen molar-refractivity contribution in [3.8, 4) is 0 Å². The van der Waals surface area contributed by atoms with E-state index >= 15 is 0 Å². The lowest BCUT2D eigenvalue weighted by Gasteiger charge is -2.44. The van der Waals surface area contributed by atoms with E-state index in [9.17, 15) is 24.6 Å². The average molecular weight is 437 g/mol. The van der Waals surface area contributed by atoms with Crippen molar-refractivity contribution in [3.05, 3.63) is 45.8 Å². The van der Waals surface area contributed by atoms with E-state index < -0.39 is 18.0 Å². The number of β-lactam (4-membered cyclic amide) rings is 1. The van der Waals surface area contributed by atoms with Crippen LogP contribution in [0.2, 0.25) is 0 Å². The maximum Gasteiger partial charge on any atom is 0.354 e. The largest absolute Gasteiger partial charge is 0.477 e. The van der Waals surface area contributed by atoms with E-state index in [1.807, 2.05) is 30.3 Å². The van der Waals surface area contributed by atoms with Gasteiger partial charge < -0.3 is 15.5 Å². The maximum atomic E-state index is 12.3. The first kappa shape index (κ1) is 21.7. The summed E-state index contributed by atoms with van der Waals surface area (Å²) in [5.41, 5.74) is 1.12. The van der Waals surface area contributed by atoms with Gasteiger partial charge in [0, 0.05) is 18.7 Å². The minimum Gasteiger partial charge on any atom is -0.477 e. The number of thioether (sulfide) groups is 2. The predicted molar refractivity (Wildman–Crippen MR) is 113 cm³/mol. The van der Waals surface area contributed by atoms with Crippen molar-refractivity contribution in [1.29, 1.82) is 0 Å². The molecule has 2 heterocycles. The van der Waals surface area contributed by atoms with Gasteiger partial charge in [0.1, 0.15) is 5.37 Å². The number of carboxylic acid groups (broad SMARTS) is 1. The van der Waals surface area contributed by atoms with Crippen LogP contribution in [0.15, 0.2) is 40.3 Å². The summed E-state index contributed by atoms with van der Waals surface area (Å²) in [5.74, 6) is -1.74. The molecule has 0 bridgehead atoms. The summed E-state index contributed by atoms with van der Waals surface area (Å²) in [7, 11) is 0. The minimum absolute atomic E-state index is 0.0287. The molecule has 29 heavy (non-hydrogen) atoms. The summed E-state index contributed by atoms with van der Waals surface area (Å²) in [5, 5.41) is 22.1. The number of aliphatic hydroxyl groups excluding tert-OH is 1. The molecule has 1 saturated heterocycles. The van der Waals surface area contributed by atoms with E-state index in [1.54, 1.807) is 6.92 Å². The molecule has 1 aromatic rings. The number of hydrogen-bond acceptors (Lipinski definition) is 6. The molecule has 0 spiro atoms. The van der Waals surface area contributed by atoms with Crippen LogP contribution in [0, 0.1) is 5.92 Å². The van der Waals surface area contributed by atoms with E-state index in [4.69, 9.17) is 0 Å². The third-order valence-electron chi connectivity index (χ3n) is 4.92. The zero-order chi connectivity index (χ0) is 21.0. The van der Waals surface area contributed by atoms with Gasteiger partial charge in [-0.1, -0.05) is 49.0 Å². The van der Waals surface area contributed by atoms with Gasteiger partial charge in [0.2, 0.25) is 11.8 Å². The Morgan fingerprint density at radius 2 is 2.03 bits per heavy atom. The van der Waals surface area contributed by atoms with Gasteiger partial charge in [0.15, 0.2) is 5.70 Å². The first-order valence-electron chi connectivity index (χ1n) is 9.52. The number of aliphatic carboxylic acids is 1. The number of nitrogens with zero attached hydrogens (tertiary/aromatic N) is 1. The molecule has 3 rings (SSSR count). The second-order valence-electron chi connectivity index (χ2n) is 6.84. The summed E-state index contributed by atoms with van der Waals surface area (Å²) < 4.78 is 0.527. The zero-order valence-corrected chi connectivity index (χ0v) is 17.7. The Morgan fingerprint density at radius 1 is 1.31 bits per heavy atom. The van der Waals surface area contributed by atoms with Crippen molar-refractivity contribution in [1.82, 2.24) is 10.2 Å². The third-order valence-corrected chi connectivity index (χ3v) is 7.58. The van der Waals surface area contributed by atoms with E-state index in [2.05, 4.69) is 5.32 Å². The molecule has 3 N–H and O–H groups in total. The lowest BCUT2D eigenvalue weighted by atomic mass is 9.90. The molecule has 0 saturated carbocycles. The lowest BCUT2D eigenvalue weighted by molar-refractivity contribution is -0.157. The first-order valence-corrected chi connectivity index (χ1v) is 11.4. The monoisotopic (exact) mass is 436 g/mol. The minimum atomic E-state index is -1.16. The standard InChI is InChI=1S/C20H24N2O5S2/c1-2-13(23)15-17(25)22-16(19(26)27)20(29-18(15)22)28-11-9-14(24)21-10-8-12-6-4-3-5-7-12/h3-7,13,15,18,23H,2,8-11H2,1H3,(H,21,24)(H,26,27). The Kier molecular flexibility index (Phi) is 7.26. The van der Waals surface area contributed by atoms with Crippen LogP contribution in [0.1, 0.15) is 25.3 Å². The van der Waals surface area contributed by atoms with E-state index in [0.29, 0.717) is 23.0 Å². The summed E-state index contributed by atoms with van der Waals surface area (Å²) in [6.45, 7) is 2.34. The molecule has 156 valence electrons. The number of rotatable bonds is 10. The average Bonchev–Trinajstić information content (AvgIpc) is 3.03.